The van der Waals surface area contributed by atoms with Gasteiger partial charge in [-0.25, -0.2) is 4.98 Å². The molecule has 0 saturated heterocycles. The Kier molecular flexibility index (Phi) is 9.72. The third-order valence-electron chi connectivity index (χ3n) is 7.24. The van der Waals surface area contributed by atoms with Crippen molar-refractivity contribution in [2.24, 2.45) is 5.10 Å². The number of hydrogen-bond acceptors (Lipinski definition) is 5. The van der Waals surface area contributed by atoms with Crippen molar-refractivity contribution in [1.29, 1.82) is 0 Å². The van der Waals surface area contributed by atoms with Crippen molar-refractivity contribution in [2.75, 3.05) is 6.61 Å². The Morgan fingerprint density at radius 2 is 1.78 bits per heavy atom. The van der Waals surface area contributed by atoms with Crippen molar-refractivity contribution in [3.8, 4) is 11.5 Å². The van der Waals surface area contributed by atoms with Gasteiger partial charge in [0.15, 0.2) is 11.5 Å². The van der Waals surface area contributed by atoms with Crippen LogP contribution in [0.3, 0.4) is 0 Å². The number of nitrogens with zero attached hydrogens (tertiary/aromatic N) is 3. The second-order valence-electron chi connectivity index (χ2n) is 10.2. The number of aromatic nitrogens is 2. The van der Waals surface area contributed by atoms with Crippen LogP contribution in [0.2, 0.25) is 0 Å². The predicted octanol–water partition coefficient (Wildman–Crippen LogP) is 8.56. The molecule has 0 bridgehead atoms. The monoisotopic (exact) mass is 677 g/mol. The lowest BCUT2D eigenvalue weighted by molar-refractivity contribution is 0.267. The molecule has 0 radical (unpaired) electrons. The fourth-order valence-corrected chi connectivity index (χ4v) is 5.88. The second-order valence-corrected chi connectivity index (χ2v) is 12.0. The third kappa shape index (κ3) is 6.99. The first-order chi connectivity index (χ1) is 20.0. The average molecular weight is 679 g/mol. The summed E-state index contributed by atoms with van der Waals surface area (Å²) >= 11 is 6.97. The third-order valence-corrected chi connectivity index (χ3v) is 8.26. The molecule has 1 fully saturated rings. The summed E-state index contributed by atoms with van der Waals surface area (Å²) in [5, 5.41) is 5.28. The summed E-state index contributed by atoms with van der Waals surface area (Å²) in [6, 6.07) is 17.6. The van der Waals surface area contributed by atoms with E-state index in [2.05, 4.69) is 38.4 Å². The SMILES string of the molecule is C=CCc1cc(C=Nn2c(C3CCCCC3)nc3ccc(Br)cc3c2=O)cc(OCC)c1OCc1ccc(Br)cc1. The minimum absolute atomic E-state index is 0.168. The Hall–Kier alpha value is -3.23. The molecule has 0 N–H and O–H groups in total. The molecular formula is C33H33Br2N3O3. The Balaban J connectivity index is 1.54. The van der Waals surface area contributed by atoms with Crippen LogP contribution in [0.25, 0.3) is 10.9 Å². The topological polar surface area (TPSA) is 65.7 Å². The standard InChI is InChI=1S/C33H33Br2N3O3/c1-3-8-25-17-23(18-30(40-4-2)31(25)41-21-22-11-13-26(34)14-12-22)20-36-38-32(24-9-6-5-7-10-24)37-29-16-15-27(35)19-28(29)33(38)39/h3,11-20,24H,1,4-10,21H2,2H3. The number of halogens is 2. The molecule has 4 aromatic rings. The zero-order valence-electron chi connectivity index (χ0n) is 23.1. The lowest BCUT2D eigenvalue weighted by atomic mass is 9.88. The van der Waals surface area contributed by atoms with Gasteiger partial charge < -0.3 is 9.47 Å². The largest absolute Gasteiger partial charge is 0.490 e. The van der Waals surface area contributed by atoms with E-state index in [0.717, 1.165) is 57.1 Å². The Morgan fingerprint density at radius 3 is 2.51 bits per heavy atom. The van der Waals surface area contributed by atoms with E-state index in [1.165, 1.54) is 11.1 Å². The van der Waals surface area contributed by atoms with Gasteiger partial charge in [0.25, 0.3) is 5.56 Å². The molecule has 1 heterocycles. The van der Waals surface area contributed by atoms with E-state index >= 15 is 0 Å². The molecule has 6 nitrogen and oxygen atoms in total. The van der Waals surface area contributed by atoms with Crippen LogP contribution in [0.5, 0.6) is 11.5 Å². The summed E-state index contributed by atoms with van der Waals surface area (Å²) in [6.07, 6.45) is 9.64. The van der Waals surface area contributed by atoms with E-state index < -0.39 is 0 Å². The summed E-state index contributed by atoms with van der Waals surface area (Å²) in [6.45, 7) is 6.78. The van der Waals surface area contributed by atoms with Crippen molar-refractivity contribution in [1.82, 2.24) is 9.66 Å². The molecule has 1 saturated carbocycles. The van der Waals surface area contributed by atoms with Gasteiger partial charge in [-0.3, -0.25) is 4.79 Å². The first-order valence-electron chi connectivity index (χ1n) is 14.0. The Morgan fingerprint density at radius 1 is 1.02 bits per heavy atom. The van der Waals surface area contributed by atoms with Gasteiger partial charge in [0.1, 0.15) is 12.4 Å². The zero-order chi connectivity index (χ0) is 28.8. The quantitative estimate of drug-likeness (QED) is 0.125. The van der Waals surface area contributed by atoms with Gasteiger partial charge in [0.05, 0.1) is 23.7 Å². The number of hydrogen-bond donors (Lipinski definition) is 0. The molecule has 0 aliphatic heterocycles. The lowest BCUT2D eigenvalue weighted by Gasteiger charge is -2.22. The highest BCUT2D eigenvalue weighted by atomic mass is 79.9. The number of ether oxygens (including phenoxy) is 2. The minimum atomic E-state index is -0.168. The first kappa shape index (κ1) is 29.3. The van der Waals surface area contributed by atoms with E-state index in [0.29, 0.717) is 42.0 Å². The number of rotatable bonds is 10. The molecule has 1 aromatic heterocycles. The summed E-state index contributed by atoms with van der Waals surface area (Å²) < 4.78 is 15.7. The highest BCUT2D eigenvalue weighted by molar-refractivity contribution is 9.10. The van der Waals surface area contributed by atoms with Gasteiger partial charge in [-0.15, -0.1) is 6.58 Å². The maximum atomic E-state index is 13.7. The molecule has 41 heavy (non-hydrogen) atoms. The summed E-state index contributed by atoms with van der Waals surface area (Å²) in [5.74, 6) is 2.24. The van der Waals surface area contributed by atoms with Crippen LogP contribution < -0.4 is 15.0 Å². The molecule has 0 atom stereocenters. The van der Waals surface area contributed by atoms with Crippen LogP contribution >= 0.6 is 31.9 Å². The van der Waals surface area contributed by atoms with Gasteiger partial charge in [-0.05, 0) is 79.8 Å². The smallest absolute Gasteiger partial charge is 0.282 e. The Bertz CT molecular complexity index is 1620. The second kappa shape index (κ2) is 13.6. The van der Waals surface area contributed by atoms with E-state index in [1.807, 2.05) is 67.6 Å². The maximum Gasteiger partial charge on any atom is 0.282 e. The molecule has 3 aromatic carbocycles. The molecule has 0 unspecified atom stereocenters. The molecule has 5 rings (SSSR count). The van der Waals surface area contributed by atoms with Crippen molar-refractivity contribution < 1.29 is 9.47 Å². The van der Waals surface area contributed by atoms with Crippen molar-refractivity contribution in [3.63, 3.8) is 0 Å². The molecular weight excluding hydrogens is 646 g/mol. The maximum absolute atomic E-state index is 13.7. The predicted molar refractivity (Wildman–Crippen MR) is 173 cm³/mol. The van der Waals surface area contributed by atoms with Gasteiger partial charge in [-0.1, -0.05) is 69.3 Å². The molecule has 1 aliphatic rings. The van der Waals surface area contributed by atoms with Gasteiger partial charge in [-0.2, -0.15) is 9.78 Å². The van der Waals surface area contributed by atoms with Gasteiger partial charge in [0.2, 0.25) is 0 Å². The zero-order valence-corrected chi connectivity index (χ0v) is 26.3. The van der Waals surface area contributed by atoms with Crippen molar-refractivity contribution in [3.05, 3.63) is 109 Å². The van der Waals surface area contributed by atoms with Gasteiger partial charge >= 0.3 is 0 Å². The van der Waals surface area contributed by atoms with Crippen molar-refractivity contribution in [2.45, 2.75) is 58.0 Å². The minimum Gasteiger partial charge on any atom is -0.490 e. The molecule has 1 aliphatic carbocycles. The fourth-order valence-electron chi connectivity index (χ4n) is 5.25. The van der Waals surface area contributed by atoms with E-state index in [-0.39, 0.29) is 11.5 Å². The number of benzene rings is 3. The molecule has 8 heteroatoms. The van der Waals surface area contributed by atoms with Crippen LogP contribution in [-0.2, 0) is 13.0 Å². The van der Waals surface area contributed by atoms with Crippen LogP contribution in [0.15, 0.2) is 86.1 Å². The highest BCUT2D eigenvalue weighted by Gasteiger charge is 2.23. The summed E-state index contributed by atoms with van der Waals surface area (Å²) in [4.78, 5) is 18.7. The molecule has 0 amide bonds. The number of allylic oxidation sites excluding steroid dienone is 1. The summed E-state index contributed by atoms with van der Waals surface area (Å²) in [5.41, 5.74) is 3.32. The number of fused-ring (bicyclic) bond motifs is 1. The Labute approximate surface area is 257 Å². The molecule has 0 spiro atoms. The van der Waals surface area contributed by atoms with E-state index in [9.17, 15) is 4.79 Å². The summed E-state index contributed by atoms with van der Waals surface area (Å²) in [7, 11) is 0. The van der Waals surface area contributed by atoms with Crippen LogP contribution in [-0.4, -0.2) is 22.5 Å². The van der Waals surface area contributed by atoms with Crippen LogP contribution in [0, 0.1) is 0 Å². The molecule has 212 valence electrons. The van der Waals surface area contributed by atoms with Crippen LogP contribution in [0.1, 0.15) is 67.5 Å². The highest BCUT2D eigenvalue weighted by Crippen LogP contribution is 2.35. The average Bonchev–Trinajstić information content (AvgIpc) is 2.98. The van der Waals surface area contributed by atoms with E-state index in [4.69, 9.17) is 19.6 Å². The van der Waals surface area contributed by atoms with Crippen molar-refractivity contribution >= 4 is 49.0 Å². The van der Waals surface area contributed by atoms with Crippen LogP contribution in [0.4, 0.5) is 0 Å². The normalized spacial score (nSPS) is 14.0. The van der Waals surface area contributed by atoms with Gasteiger partial charge in [0, 0.05) is 20.4 Å². The lowest BCUT2D eigenvalue weighted by Crippen LogP contribution is -2.25. The first-order valence-corrected chi connectivity index (χ1v) is 15.6. The van der Waals surface area contributed by atoms with E-state index in [1.54, 1.807) is 6.21 Å². The fraction of sp³-hybridized carbons (Fsp3) is 0.303.